The lowest BCUT2D eigenvalue weighted by molar-refractivity contribution is 0.335. The van der Waals surface area contributed by atoms with Crippen LogP contribution in [0.3, 0.4) is 0 Å². The number of hydrogen-bond acceptors (Lipinski definition) is 4. The van der Waals surface area contributed by atoms with Crippen molar-refractivity contribution in [1.29, 1.82) is 0 Å². The van der Waals surface area contributed by atoms with E-state index in [0.29, 0.717) is 0 Å². The van der Waals surface area contributed by atoms with Gasteiger partial charge in [0.05, 0.1) is 7.11 Å². The van der Waals surface area contributed by atoms with Gasteiger partial charge in [-0.3, -0.25) is 0 Å². The number of nitrogens with two attached hydrogens (primary N) is 1. The molecule has 0 radical (unpaired) electrons. The fourth-order valence-corrected chi connectivity index (χ4v) is 2.03. The molecule has 0 bridgehead atoms. The Bertz CT molecular complexity index is 331. The maximum Gasteiger partial charge on any atom is 0.123 e. The zero-order valence-corrected chi connectivity index (χ0v) is 11.0. The Morgan fingerprint density at radius 3 is 2.81 bits per heavy atom. The summed E-state index contributed by atoms with van der Waals surface area (Å²) in [7, 11) is 3.80. The number of nitrogens with zero attached hydrogens (tertiary/aromatic N) is 1. The van der Waals surface area contributed by atoms with Gasteiger partial charge in [0, 0.05) is 30.1 Å². The van der Waals surface area contributed by atoms with Crippen molar-refractivity contribution in [2.45, 2.75) is 6.54 Å². The smallest absolute Gasteiger partial charge is 0.123 e. The first-order chi connectivity index (χ1) is 7.67. The molecule has 0 unspecified atom stereocenters. The van der Waals surface area contributed by atoms with Crippen LogP contribution >= 0.6 is 11.8 Å². The fraction of sp³-hybridized carbons (Fsp3) is 0.500. The number of benzene rings is 1. The molecule has 1 rings (SSSR count). The van der Waals surface area contributed by atoms with Gasteiger partial charge in [-0.15, -0.1) is 0 Å². The van der Waals surface area contributed by atoms with Crippen LogP contribution in [-0.4, -0.2) is 37.6 Å². The molecule has 1 aromatic rings. The van der Waals surface area contributed by atoms with Gasteiger partial charge < -0.3 is 15.4 Å². The first kappa shape index (κ1) is 13.2. The Morgan fingerprint density at radius 1 is 1.44 bits per heavy atom. The molecular weight excluding hydrogens is 220 g/mol. The van der Waals surface area contributed by atoms with Gasteiger partial charge in [-0.1, -0.05) is 0 Å². The highest BCUT2D eigenvalue weighted by molar-refractivity contribution is 7.98. The topological polar surface area (TPSA) is 38.5 Å². The minimum atomic E-state index is 0.786. The van der Waals surface area contributed by atoms with E-state index in [9.17, 15) is 0 Å². The van der Waals surface area contributed by atoms with E-state index in [1.807, 2.05) is 30.0 Å². The van der Waals surface area contributed by atoms with Crippen LogP contribution in [0.1, 0.15) is 5.56 Å². The van der Waals surface area contributed by atoms with Crippen molar-refractivity contribution < 1.29 is 4.74 Å². The highest BCUT2D eigenvalue weighted by Gasteiger charge is 2.06. The Morgan fingerprint density at radius 2 is 2.19 bits per heavy atom. The van der Waals surface area contributed by atoms with E-state index in [4.69, 9.17) is 10.5 Å². The third-order valence-corrected chi connectivity index (χ3v) is 3.01. The third-order valence-electron chi connectivity index (χ3n) is 2.42. The fourth-order valence-electron chi connectivity index (χ4n) is 1.54. The van der Waals surface area contributed by atoms with Gasteiger partial charge in [0.15, 0.2) is 0 Å². The predicted molar refractivity (Wildman–Crippen MR) is 72.1 cm³/mol. The lowest BCUT2D eigenvalue weighted by atomic mass is 10.1. The van der Waals surface area contributed by atoms with Gasteiger partial charge in [0.2, 0.25) is 0 Å². The summed E-state index contributed by atoms with van der Waals surface area (Å²) in [5, 5.41) is 0. The summed E-state index contributed by atoms with van der Waals surface area (Å²) in [5.74, 6) is 2.05. The molecule has 0 atom stereocenters. The summed E-state index contributed by atoms with van der Waals surface area (Å²) >= 11 is 1.86. The quantitative estimate of drug-likeness (QED) is 0.773. The summed E-state index contributed by atoms with van der Waals surface area (Å²) in [6.45, 7) is 1.94. The van der Waals surface area contributed by atoms with Crippen LogP contribution in [0.25, 0.3) is 0 Å². The van der Waals surface area contributed by atoms with E-state index < -0.39 is 0 Å². The zero-order valence-electron chi connectivity index (χ0n) is 10.2. The maximum absolute atomic E-state index is 5.78. The monoisotopic (exact) mass is 240 g/mol. The zero-order chi connectivity index (χ0) is 12.0. The standard InChI is InChI=1S/C12H20N2OS/c1-14(6-7-16-3)9-10-8-11(13)4-5-12(10)15-2/h4-5,8H,6-7,9,13H2,1-3H3. The van der Waals surface area contributed by atoms with Crippen molar-refractivity contribution >= 4 is 17.4 Å². The average molecular weight is 240 g/mol. The number of rotatable bonds is 6. The van der Waals surface area contributed by atoms with Crippen LogP contribution in [0, 0.1) is 0 Å². The van der Waals surface area contributed by atoms with E-state index in [1.54, 1.807) is 7.11 Å². The van der Waals surface area contributed by atoms with E-state index in [2.05, 4.69) is 18.2 Å². The molecule has 90 valence electrons. The van der Waals surface area contributed by atoms with Crippen molar-refractivity contribution in [2.24, 2.45) is 0 Å². The van der Waals surface area contributed by atoms with Gasteiger partial charge in [-0.2, -0.15) is 11.8 Å². The minimum Gasteiger partial charge on any atom is -0.496 e. The van der Waals surface area contributed by atoms with Gasteiger partial charge in [0.1, 0.15) is 5.75 Å². The molecule has 0 aliphatic carbocycles. The molecule has 0 aliphatic heterocycles. The van der Waals surface area contributed by atoms with Gasteiger partial charge in [0.25, 0.3) is 0 Å². The number of hydrogen-bond donors (Lipinski definition) is 1. The molecule has 16 heavy (non-hydrogen) atoms. The van der Waals surface area contributed by atoms with Crippen LogP contribution in [0.4, 0.5) is 5.69 Å². The van der Waals surface area contributed by atoms with Crippen molar-refractivity contribution in [3.05, 3.63) is 23.8 Å². The first-order valence-electron chi connectivity index (χ1n) is 5.27. The molecule has 0 heterocycles. The van der Waals surface area contributed by atoms with Crippen LogP contribution in [-0.2, 0) is 6.54 Å². The van der Waals surface area contributed by atoms with E-state index in [-0.39, 0.29) is 0 Å². The average Bonchev–Trinajstić information content (AvgIpc) is 2.27. The molecular formula is C12H20N2OS. The molecule has 3 nitrogen and oxygen atoms in total. The number of ether oxygens (including phenoxy) is 1. The van der Waals surface area contributed by atoms with E-state index in [0.717, 1.165) is 35.8 Å². The highest BCUT2D eigenvalue weighted by atomic mass is 32.2. The summed E-state index contributed by atoms with van der Waals surface area (Å²) < 4.78 is 5.32. The largest absolute Gasteiger partial charge is 0.496 e. The number of nitrogen functional groups attached to an aromatic ring is 1. The van der Waals surface area contributed by atoms with Crippen molar-refractivity contribution in [1.82, 2.24) is 4.90 Å². The molecule has 2 N–H and O–H groups in total. The van der Waals surface area contributed by atoms with Crippen LogP contribution in [0.15, 0.2) is 18.2 Å². The second-order valence-corrected chi connectivity index (χ2v) is 4.79. The van der Waals surface area contributed by atoms with E-state index in [1.165, 1.54) is 0 Å². The van der Waals surface area contributed by atoms with Crippen molar-refractivity contribution in [3.63, 3.8) is 0 Å². The Balaban J connectivity index is 2.67. The predicted octanol–water partition coefficient (Wildman–Crippen LogP) is 2.07. The molecule has 0 aliphatic rings. The molecule has 0 fully saturated rings. The van der Waals surface area contributed by atoms with Crippen molar-refractivity contribution in [2.75, 3.05) is 38.4 Å². The number of methoxy groups -OCH3 is 1. The molecule has 0 amide bonds. The molecule has 4 heteroatoms. The summed E-state index contributed by atoms with van der Waals surface area (Å²) in [5.41, 5.74) is 7.71. The maximum atomic E-state index is 5.78. The van der Waals surface area contributed by atoms with Gasteiger partial charge >= 0.3 is 0 Å². The summed E-state index contributed by atoms with van der Waals surface area (Å²) in [6.07, 6.45) is 2.12. The highest BCUT2D eigenvalue weighted by Crippen LogP contribution is 2.22. The van der Waals surface area contributed by atoms with Crippen molar-refractivity contribution in [3.8, 4) is 5.75 Å². The second-order valence-electron chi connectivity index (χ2n) is 3.80. The molecule has 0 saturated carbocycles. The van der Waals surface area contributed by atoms with Gasteiger partial charge in [-0.05, 0) is 31.5 Å². The Labute approximate surface area is 102 Å². The SMILES string of the molecule is COc1ccc(N)cc1CN(C)CCSC. The summed E-state index contributed by atoms with van der Waals surface area (Å²) in [6, 6.07) is 5.77. The lowest BCUT2D eigenvalue weighted by Gasteiger charge is -2.18. The molecule has 0 saturated heterocycles. The van der Waals surface area contributed by atoms with Gasteiger partial charge in [-0.25, -0.2) is 0 Å². The molecule has 0 aromatic heterocycles. The van der Waals surface area contributed by atoms with E-state index >= 15 is 0 Å². The van der Waals surface area contributed by atoms with Crippen LogP contribution in [0.2, 0.25) is 0 Å². The molecule has 0 spiro atoms. The lowest BCUT2D eigenvalue weighted by Crippen LogP contribution is -2.21. The van der Waals surface area contributed by atoms with Crippen LogP contribution < -0.4 is 10.5 Å². The Kier molecular flexibility index (Phi) is 5.49. The number of thioether (sulfide) groups is 1. The third kappa shape index (κ3) is 3.94. The number of anilines is 1. The normalized spacial score (nSPS) is 10.8. The minimum absolute atomic E-state index is 0.786. The Hall–Kier alpha value is -0.870. The second kappa shape index (κ2) is 6.66. The molecule has 1 aromatic carbocycles. The first-order valence-corrected chi connectivity index (χ1v) is 6.66. The summed E-state index contributed by atoms with van der Waals surface area (Å²) in [4.78, 5) is 2.27. The van der Waals surface area contributed by atoms with Crippen LogP contribution in [0.5, 0.6) is 5.75 Å².